The summed E-state index contributed by atoms with van der Waals surface area (Å²) in [5.41, 5.74) is 0.878. The molecule has 0 radical (unpaired) electrons. The molecule has 0 unspecified atom stereocenters. The topological polar surface area (TPSA) is 57.7 Å². The zero-order valence-electron chi connectivity index (χ0n) is 12.5. The molecule has 0 N–H and O–H groups in total. The summed E-state index contributed by atoms with van der Waals surface area (Å²) in [5, 5.41) is 0. The van der Waals surface area contributed by atoms with Gasteiger partial charge in [-0.15, -0.1) is 0 Å². The lowest BCUT2D eigenvalue weighted by Crippen LogP contribution is -2.54. The smallest absolute Gasteiger partial charge is 0.246 e. The van der Waals surface area contributed by atoms with Gasteiger partial charge in [0, 0.05) is 37.5 Å². The molecule has 22 heavy (non-hydrogen) atoms. The highest BCUT2D eigenvalue weighted by atomic mass is 16.2. The van der Waals surface area contributed by atoms with Crippen molar-refractivity contribution in [3.8, 4) is 0 Å². The first-order valence-electron chi connectivity index (χ1n) is 7.81. The number of benzene rings is 1. The van der Waals surface area contributed by atoms with Crippen LogP contribution in [0.2, 0.25) is 0 Å². The van der Waals surface area contributed by atoms with Gasteiger partial charge in [0.05, 0.1) is 0 Å². The maximum atomic E-state index is 12.5. The van der Waals surface area contributed by atoms with Crippen LogP contribution in [0.3, 0.4) is 0 Å². The van der Waals surface area contributed by atoms with Crippen LogP contribution in [0.4, 0.5) is 5.69 Å². The van der Waals surface area contributed by atoms with E-state index < -0.39 is 0 Å². The highest BCUT2D eigenvalue weighted by Crippen LogP contribution is 2.25. The van der Waals surface area contributed by atoms with E-state index in [-0.39, 0.29) is 30.1 Å². The minimum absolute atomic E-state index is 0.0357. The monoisotopic (exact) mass is 300 g/mol. The van der Waals surface area contributed by atoms with Crippen LogP contribution in [-0.2, 0) is 14.4 Å². The Morgan fingerprint density at radius 2 is 1.68 bits per heavy atom. The molecule has 2 aliphatic rings. The number of nitrogens with zero attached hydrogens (tertiary/aromatic N) is 2. The number of hydrogen-bond donors (Lipinski definition) is 0. The Bertz CT molecular complexity index is 575. The molecule has 0 bridgehead atoms. The van der Waals surface area contributed by atoms with Gasteiger partial charge < -0.3 is 9.80 Å². The fourth-order valence-corrected chi connectivity index (χ4v) is 3.19. The van der Waals surface area contributed by atoms with Crippen molar-refractivity contribution in [1.82, 2.24) is 4.90 Å². The predicted molar refractivity (Wildman–Crippen MR) is 82.3 cm³/mol. The highest BCUT2D eigenvalue weighted by Gasteiger charge is 2.33. The van der Waals surface area contributed by atoms with Gasteiger partial charge >= 0.3 is 0 Å². The van der Waals surface area contributed by atoms with Gasteiger partial charge in [-0.1, -0.05) is 18.2 Å². The Hall–Kier alpha value is -2.17. The Morgan fingerprint density at radius 1 is 1.00 bits per heavy atom. The largest absolute Gasteiger partial charge is 0.331 e. The maximum Gasteiger partial charge on any atom is 0.246 e. The molecule has 1 saturated carbocycles. The van der Waals surface area contributed by atoms with Crippen molar-refractivity contribution in [1.29, 1.82) is 0 Å². The highest BCUT2D eigenvalue weighted by molar-refractivity contribution is 5.98. The normalized spacial score (nSPS) is 20.4. The van der Waals surface area contributed by atoms with E-state index in [1.807, 2.05) is 30.3 Å². The third-order valence-electron chi connectivity index (χ3n) is 4.49. The average Bonchev–Trinajstić information content (AvgIpc) is 2.55. The Morgan fingerprint density at radius 3 is 2.32 bits per heavy atom. The lowest BCUT2D eigenvalue weighted by Gasteiger charge is -2.36. The molecule has 1 aromatic carbocycles. The second kappa shape index (κ2) is 6.30. The van der Waals surface area contributed by atoms with E-state index in [0.717, 1.165) is 5.69 Å². The molecule has 2 fully saturated rings. The van der Waals surface area contributed by atoms with Crippen molar-refractivity contribution in [2.24, 2.45) is 5.92 Å². The van der Waals surface area contributed by atoms with Gasteiger partial charge in [-0.2, -0.15) is 0 Å². The van der Waals surface area contributed by atoms with Crippen molar-refractivity contribution in [2.45, 2.75) is 25.7 Å². The van der Waals surface area contributed by atoms with E-state index in [0.29, 0.717) is 38.8 Å². The standard InChI is InChI=1S/C17H20N2O3/c20-15-8-6-13(7-9-15)17(22)18-10-11-19(16(21)12-18)14-4-2-1-3-5-14/h1-5,13H,6-12H2. The van der Waals surface area contributed by atoms with Gasteiger partial charge in [0.25, 0.3) is 0 Å². The maximum absolute atomic E-state index is 12.5. The molecule has 116 valence electrons. The molecule has 5 heteroatoms. The SMILES string of the molecule is O=C1CCC(C(=O)N2CCN(c3ccccc3)C(=O)C2)CC1. The summed E-state index contributed by atoms with van der Waals surface area (Å²) in [7, 11) is 0. The van der Waals surface area contributed by atoms with Gasteiger partial charge in [-0.3, -0.25) is 14.4 Å². The van der Waals surface area contributed by atoms with Crippen molar-refractivity contribution < 1.29 is 14.4 Å². The Balaban J connectivity index is 1.61. The molecule has 1 aliphatic carbocycles. The van der Waals surface area contributed by atoms with Crippen molar-refractivity contribution in [3.05, 3.63) is 30.3 Å². The molecule has 0 spiro atoms. The van der Waals surface area contributed by atoms with Gasteiger partial charge in [-0.25, -0.2) is 0 Å². The summed E-state index contributed by atoms with van der Waals surface area (Å²) < 4.78 is 0. The number of ketones is 1. The number of carbonyl (C=O) groups excluding carboxylic acids is 3. The van der Waals surface area contributed by atoms with Crippen LogP contribution in [0.5, 0.6) is 0 Å². The number of amides is 2. The third-order valence-corrected chi connectivity index (χ3v) is 4.49. The van der Waals surface area contributed by atoms with Crippen LogP contribution in [0.1, 0.15) is 25.7 Å². The van der Waals surface area contributed by atoms with E-state index in [1.54, 1.807) is 9.80 Å². The predicted octanol–water partition coefficient (Wildman–Crippen LogP) is 1.62. The summed E-state index contributed by atoms with van der Waals surface area (Å²) in [4.78, 5) is 39.5. The van der Waals surface area contributed by atoms with Crippen LogP contribution in [-0.4, -0.2) is 42.1 Å². The van der Waals surface area contributed by atoms with E-state index in [2.05, 4.69) is 0 Å². The minimum atomic E-state index is -0.0891. The fraction of sp³-hybridized carbons (Fsp3) is 0.471. The van der Waals surface area contributed by atoms with Crippen LogP contribution in [0, 0.1) is 5.92 Å². The number of hydrogen-bond acceptors (Lipinski definition) is 3. The average molecular weight is 300 g/mol. The summed E-state index contributed by atoms with van der Waals surface area (Å²) in [6, 6.07) is 9.53. The molecule has 1 aliphatic heterocycles. The van der Waals surface area contributed by atoms with E-state index in [4.69, 9.17) is 0 Å². The summed E-state index contributed by atoms with van der Waals surface area (Å²) in [6.45, 7) is 1.22. The minimum Gasteiger partial charge on any atom is -0.331 e. The number of Topliss-reactive ketones (excluding diaryl/α,β-unsaturated/α-hetero) is 1. The summed E-state index contributed by atoms with van der Waals surface area (Å²) in [5.74, 6) is 0.147. The van der Waals surface area contributed by atoms with E-state index in [1.165, 1.54) is 0 Å². The van der Waals surface area contributed by atoms with Crippen LogP contribution < -0.4 is 4.90 Å². The molecule has 3 rings (SSSR count). The Kier molecular flexibility index (Phi) is 4.22. The molecule has 1 heterocycles. The van der Waals surface area contributed by atoms with Gasteiger partial charge in [0.2, 0.25) is 11.8 Å². The molecule has 0 atom stereocenters. The lowest BCUT2D eigenvalue weighted by atomic mass is 9.87. The zero-order chi connectivity index (χ0) is 15.5. The zero-order valence-corrected chi connectivity index (χ0v) is 12.5. The van der Waals surface area contributed by atoms with Gasteiger partial charge in [0.1, 0.15) is 12.3 Å². The van der Waals surface area contributed by atoms with E-state index >= 15 is 0 Å². The molecule has 5 nitrogen and oxygen atoms in total. The Labute approximate surface area is 129 Å². The van der Waals surface area contributed by atoms with Gasteiger partial charge in [-0.05, 0) is 25.0 Å². The van der Waals surface area contributed by atoms with E-state index in [9.17, 15) is 14.4 Å². The number of piperazine rings is 1. The number of anilines is 1. The van der Waals surface area contributed by atoms with Crippen molar-refractivity contribution in [2.75, 3.05) is 24.5 Å². The first kappa shape index (κ1) is 14.8. The number of carbonyl (C=O) groups is 3. The number of rotatable bonds is 2. The molecular weight excluding hydrogens is 280 g/mol. The molecule has 1 aromatic rings. The quantitative estimate of drug-likeness (QED) is 0.834. The van der Waals surface area contributed by atoms with Crippen molar-refractivity contribution in [3.63, 3.8) is 0 Å². The second-order valence-electron chi connectivity index (χ2n) is 5.95. The van der Waals surface area contributed by atoms with Crippen molar-refractivity contribution >= 4 is 23.3 Å². The first-order chi connectivity index (χ1) is 10.6. The lowest BCUT2D eigenvalue weighted by molar-refractivity contribution is -0.141. The number of para-hydroxylation sites is 1. The fourth-order valence-electron chi connectivity index (χ4n) is 3.19. The van der Waals surface area contributed by atoms with Gasteiger partial charge in [0.15, 0.2) is 0 Å². The van der Waals surface area contributed by atoms with Crippen LogP contribution >= 0.6 is 0 Å². The van der Waals surface area contributed by atoms with Crippen LogP contribution in [0.25, 0.3) is 0 Å². The molecule has 1 saturated heterocycles. The molecule has 0 aromatic heterocycles. The summed E-state index contributed by atoms with van der Waals surface area (Å²) >= 11 is 0. The second-order valence-corrected chi connectivity index (χ2v) is 5.95. The first-order valence-corrected chi connectivity index (χ1v) is 7.81. The van der Waals surface area contributed by atoms with Crippen LogP contribution in [0.15, 0.2) is 30.3 Å². The molecular formula is C17H20N2O3. The third kappa shape index (κ3) is 3.03. The molecule has 2 amide bonds. The summed E-state index contributed by atoms with van der Waals surface area (Å²) in [6.07, 6.45) is 2.25.